The number of hydrogen-bond donors (Lipinski definition) is 1. The molecule has 234 valence electrons. The zero-order chi connectivity index (χ0) is 32.1. The van der Waals surface area contributed by atoms with E-state index in [1.807, 2.05) is 0 Å². The molecule has 9 nitrogen and oxygen atoms in total. The lowest BCUT2D eigenvalue weighted by Gasteiger charge is -2.13. The van der Waals surface area contributed by atoms with E-state index >= 15 is 4.39 Å². The molecule has 0 saturated heterocycles. The van der Waals surface area contributed by atoms with Crippen molar-refractivity contribution in [2.24, 2.45) is 11.8 Å². The second kappa shape index (κ2) is 14.7. The maximum absolute atomic E-state index is 15.5. The highest BCUT2D eigenvalue weighted by atomic mass is 127. The van der Waals surface area contributed by atoms with Crippen LogP contribution in [0.4, 0.5) is 4.39 Å². The first-order valence-electron chi connectivity index (χ1n) is 13.6. The smallest absolute Gasteiger partial charge is 0.306 e. The molecule has 2 heterocycles. The molecule has 1 N–H and O–H groups in total. The average Bonchev–Trinajstić information content (AvgIpc) is 3.61. The van der Waals surface area contributed by atoms with Crippen molar-refractivity contribution in [2.75, 3.05) is 27.4 Å². The van der Waals surface area contributed by atoms with Gasteiger partial charge in [0, 0.05) is 52.1 Å². The lowest BCUT2D eigenvalue weighted by molar-refractivity contribution is -0.141. The van der Waals surface area contributed by atoms with E-state index in [-0.39, 0.29) is 69.1 Å². The van der Waals surface area contributed by atoms with Crippen LogP contribution in [0.3, 0.4) is 0 Å². The van der Waals surface area contributed by atoms with Crippen molar-refractivity contribution >= 4 is 86.8 Å². The van der Waals surface area contributed by atoms with Gasteiger partial charge >= 0.3 is 5.97 Å². The van der Waals surface area contributed by atoms with E-state index in [0.717, 1.165) is 21.4 Å². The van der Waals surface area contributed by atoms with Gasteiger partial charge in [0.05, 0.1) is 43.1 Å². The minimum Gasteiger partial charge on any atom is -0.493 e. The van der Waals surface area contributed by atoms with Gasteiger partial charge in [-0.2, -0.15) is 0 Å². The highest BCUT2D eigenvalue weighted by Gasteiger charge is 2.23. The summed E-state index contributed by atoms with van der Waals surface area (Å²) in [6.07, 6.45) is 0.345. The Balaban J connectivity index is 1.41. The fourth-order valence-corrected chi connectivity index (χ4v) is 6.60. The summed E-state index contributed by atoms with van der Waals surface area (Å²) in [6.45, 7) is 3.50. The Morgan fingerprint density at radius 1 is 0.818 bits per heavy atom. The number of ether oxygens (including phenoxy) is 4. The third-order valence-electron chi connectivity index (χ3n) is 6.84. The zero-order valence-electron chi connectivity index (χ0n) is 24.4. The van der Waals surface area contributed by atoms with Crippen molar-refractivity contribution in [2.45, 2.75) is 33.1 Å². The molecule has 0 radical (unpaired) electrons. The van der Waals surface area contributed by atoms with Crippen LogP contribution in [0.25, 0.3) is 20.2 Å². The molecule has 0 amide bonds. The van der Waals surface area contributed by atoms with Crippen LogP contribution in [0.1, 0.15) is 52.5 Å². The second-order valence-electron chi connectivity index (χ2n) is 10.1. The van der Waals surface area contributed by atoms with Gasteiger partial charge < -0.3 is 24.1 Å². The van der Waals surface area contributed by atoms with Crippen molar-refractivity contribution in [3.8, 4) is 23.0 Å². The molecular weight excluding hydrogens is 726 g/mol. The number of carboxylic acid groups (broad SMARTS) is 1. The Kier molecular flexibility index (Phi) is 11.2. The predicted octanol–water partition coefficient (Wildman–Crippen LogP) is 7.58. The largest absolute Gasteiger partial charge is 0.493 e. The number of thiophene rings is 2. The monoisotopic (exact) mass is 756 g/mol. The van der Waals surface area contributed by atoms with Crippen LogP contribution in [0, 0.1) is 17.7 Å². The lowest BCUT2D eigenvalue weighted by Crippen LogP contribution is -2.13. The van der Waals surface area contributed by atoms with E-state index in [1.165, 1.54) is 38.5 Å². The van der Waals surface area contributed by atoms with E-state index < -0.39 is 17.7 Å². The van der Waals surface area contributed by atoms with Crippen LogP contribution in [0.15, 0.2) is 30.3 Å². The first-order chi connectivity index (χ1) is 20.9. The summed E-state index contributed by atoms with van der Waals surface area (Å²) >= 11 is 4.10. The Morgan fingerprint density at radius 3 is 2.05 bits per heavy atom. The predicted molar refractivity (Wildman–Crippen MR) is 175 cm³/mol. The van der Waals surface area contributed by atoms with Crippen LogP contribution in [-0.4, -0.2) is 53.9 Å². The van der Waals surface area contributed by atoms with Crippen molar-refractivity contribution in [3.63, 3.8) is 0 Å². The molecule has 0 unspecified atom stereocenters. The Bertz CT molecular complexity index is 1730. The first kappa shape index (κ1) is 33.6. The zero-order valence-corrected chi connectivity index (χ0v) is 28.2. The van der Waals surface area contributed by atoms with Gasteiger partial charge in [-0.05, 0) is 46.2 Å². The molecule has 4 rings (SSSR count). The van der Waals surface area contributed by atoms with Gasteiger partial charge in [-0.25, -0.2) is 4.39 Å². The van der Waals surface area contributed by atoms with Gasteiger partial charge in [0.25, 0.3) is 0 Å². The minimum absolute atomic E-state index is 0.0584. The maximum Gasteiger partial charge on any atom is 0.306 e. The van der Waals surface area contributed by atoms with E-state index in [4.69, 9.17) is 24.1 Å². The molecule has 2 atom stereocenters. The highest BCUT2D eigenvalue weighted by Crippen LogP contribution is 2.41. The number of methoxy groups -OCH3 is 2. The van der Waals surface area contributed by atoms with E-state index in [9.17, 15) is 19.2 Å². The van der Waals surface area contributed by atoms with Gasteiger partial charge in [-0.1, -0.05) is 13.8 Å². The number of ketones is 2. The quantitative estimate of drug-likeness (QED) is 0.0533. The molecule has 0 aliphatic heterocycles. The fraction of sp³-hybridized carbons (Fsp3) is 0.355. The van der Waals surface area contributed by atoms with Gasteiger partial charge in [-0.3, -0.25) is 19.2 Å². The summed E-state index contributed by atoms with van der Waals surface area (Å²) in [6, 6.07) is 8.38. The SMILES string of the molecule is COc1cc2cc(C(=O)C[C@H](C)C(=O)I)sc2cc1OCCCOc1c(OC)cc2sc(C(=O)C[C@H](C)C(=O)O)cc2c1F. The number of halogens is 2. The van der Waals surface area contributed by atoms with Gasteiger partial charge in [0.1, 0.15) is 0 Å². The van der Waals surface area contributed by atoms with Crippen molar-refractivity contribution in [1.82, 2.24) is 0 Å². The Hall–Kier alpha value is -3.30. The molecule has 0 aliphatic rings. The number of aliphatic carboxylic acids is 1. The van der Waals surface area contributed by atoms with Crippen LogP contribution >= 0.6 is 45.3 Å². The second-order valence-corrected chi connectivity index (χ2v) is 13.4. The molecule has 0 spiro atoms. The number of carbonyl (C=O) groups is 4. The molecule has 2 aromatic carbocycles. The summed E-state index contributed by atoms with van der Waals surface area (Å²) in [4.78, 5) is 48.7. The molecule has 0 aliphatic carbocycles. The van der Waals surface area contributed by atoms with Crippen LogP contribution in [0.2, 0.25) is 0 Å². The van der Waals surface area contributed by atoms with Crippen LogP contribution in [0.5, 0.6) is 23.0 Å². The molecule has 44 heavy (non-hydrogen) atoms. The third-order valence-corrected chi connectivity index (χ3v) is 10.2. The average molecular weight is 757 g/mol. The molecule has 0 saturated carbocycles. The van der Waals surface area contributed by atoms with Crippen LogP contribution < -0.4 is 18.9 Å². The van der Waals surface area contributed by atoms with Gasteiger partial charge in [0.2, 0.25) is 0 Å². The number of hydrogen-bond acceptors (Lipinski definition) is 10. The molecule has 0 fully saturated rings. The topological polar surface area (TPSA) is 125 Å². The van der Waals surface area contributed by atoms with Gasteiger partial charge in [-0.15, -0.1) is 22.7 Å². The summed E-state index contributed by atoms with van der Waals surface area (Å²) in [5, 5.41) is 10.1. The van der Waals surface area contributed by atoms with Crippen molar-refractivity contribution < 1.29 is 47.6 Å². The third kappa shape index (κ3) is 7.67. The van der Waals surface area contributed by atoms with E-state index in [2.05, 4.69) is 0 Å². The molecule has 2 aromatic heterocycles. The lowest BCUT2D eigenvalue weighted by atomic mass is 10.0. The number of benzene rings is 2. The first-order valence-corrected chi connectivity index (χ1v) is 16.3. The van der Waals surface area contributed by atoms with E-state index in [0.29, 0.717) is 27.5 Å². The molecule has 0 bridgehead atoms. The summed E-state index contributed by atoms with van der Waals surface area (Å²) in [5.41, 5.74) is 0. The standard InChI is InChI=1S/C31H30FIO9S2/c1-15(30(33)36)8-19(34)26-11-17-10-21(39-3)22(13-24(17)43-26)41-6-5-7-42-29-23(40-4)14-25-18(28(29)32)12-27(44-25)20(35)9-16(2)31(37)38/h10-16H,5-9H2,1-4H3,(H,37,38)/t15-,16-/m0/s1. The Labute approximate surface area is 274 Å². The minimum atomic E-state index is -1.07. The maximum atomic E-state index is 15.5. The van der Waals surface area contributed by atoms with E-state index in [1.54, 1.807) is 53.8 Å². The van der Waals surface area contributed by atoms with Crippen molar-refractivity contribution in [1.29, 1.82) is 0 Å². The highest BCUT2D eigenvalue weighted by molar-refractivity contribution is 14.1. The molecular formula is C31H30FIO9S2. The fourth-order valence-electron chi connectivity index (χ4n) is 4.32. The number of fused-ring (bicyclic) bond motifs is 2. The number of carbonyl (C=O) groups excluding carboxylic acids is 3. The van der Waals surface area contributed by atoms with Crippen LogP contribution in [-0.2, 0) is 9.59 Å². The van der Waals surface area contributed by atoms with Crippen molar-refractivity contribution in [3.05, 3.63) is 45.9 Å². The summed E-state index contributed by atoms with van der Waals surface area (Å²) in [7, 11) is 2.91. The molecule has 13 heteroatoms. The Morgan fingerprint density at radius 2 is 1.41 bits per heavy atom. The number of carboxylic acids is 1. The normalized spacial score (nSPS) is 12.6. The number of Topliss-reactive ketones (excluding diaryl/α,β-unsaturated/α-hetero) is 2. The van der Waals surface area contributed by atoms with Gasteiger partial charge in [0.15, 0.2) is 44.2 Å². The number of rotatable bonds is 16. The summed E-state index contributed by atoms with van der Waals surface area (Å²) in [5.74, 6) is -2.38. The molecule has 4 aromatic rings. The summed E-state index contributed by atoms with van der Waals surface area (Å²) < 4.78 is 39.3.